The van der Waals surface area contributed by atoms with Crippen molar-refractivity contribution in [1.29, 1.82) is 0 Å². The van der Waals surface area contributed by atoms with Gasteiger partial charge in [0, 0.05) is 30.8 Å². The van der Waals surface area contributed by atoms with Gasteiger partial charge in [-0.25, -0.2) is 0 Å². The van der Waals surface area contributed by atoms with Gasteiger partial charge in [0.2, 0.25) is 5.91 Å². The minimum Gasteiger partial charge on any atom is -0.352 e. The van der Waals surface area contributed by atoms with Crippen LogP contribution in [0.1, 0.15) is 32.1 Å². The topological polar surface area (TPSA) is 35.6 Å². The predicted molar refractivity (Wildman–Crippen MR) is 86.3 cm³/mol. The van der Waals surface area contributed by atoms with E-state index in [0.717, 1.165) is 24.8 Å². The highest BCUT2D eigenvalue weighted by Crippen LogP contribution is 2.20. The number of amides is 1. The largest absolute Gasteiger partial charge is 0.352 e. The quantitative estimate of drug-likeness (QED) is 0.833. The first-order valence-electron chi connectivity index (χ1n) is 7.90. The van der Waals surface area contributed by atoms with Crippen LogP contribution < -0.4 is 5.32 Å². The monoisotopic (exact) mass is 299 g/mol. The average Bonchev–Trinajstić information content (AvgIpc) is 2.46. The SMILES string of the molecule is CSCCC(=O)N[C@H]1CCCN(C2CCN(C)CC2)C1. The molecule has 4 nitrogen and oxygen atoms in total. The van der Waals surface area contributed by atoms with Gasteiger partial charge in [-0.1, -0.05) is 0 Å². The van der Waals surface area contributed by atoms with E-state index in [0.29, 0.717) is 12.5 Å². The number of nitrogens with zero attached hydrogens (tertiary/aromatic N) is 2. The maximum atomic E-state index is 11.8. The van der Waals surface area contributed by atoms with Crippen molar-refractivity contribution < 1.29 is 4.79 Å². The van der Waals surface area contributed by atoms with Gasteiger partial charge in [0.15, 0.2) is 0 Å². The molecule has 2 fully saturated rings. The first kappa shape index (κ1) is 16.1. The van der Waals surface area contributed by atoms with Gasteiger partial charge in [0.25, 0.3) is 0 Å². The minimum absolute atomic E-state index is 0.231. The normalized spacial score (nSPS) is 26.6. The molecule has 0 aliphatic carbocycles. The zero-order valence-corrected chi connectivity index (χ0v) is 13.8. The van der Waals surface area contributed by atoms with E-state index in [1.165, 1.54) is 38.9 Å². The second-order valence-electron chi connectivity index (χ2n) is 6.18. The Balaban J connectivity index is 1.75. The van der Waals surface area contributed by atoms with Crippen molar-refractivity contribution in [2.75, 3.05) is 45.2 Å². The van der Waals surface area contributed by atoms with Crippen LogP contribution in [0, 0.1) is 0 Å². The molecule has 2 saturated heterocycles. The third-order valence-corrected chi connectivity index (χ3v) is 5.17. The summed E-state index contributed by atoms with van der Waals surface area (Å²) in [7, 11) is 2.21. The molecular weight excluding hydrogens is 270 g/mol. The molecule has 0 unspecified atom stereocenters. The summed E-state index contributed by atoms with van der Waals surface area (Å²) in [6.45, 7) is 4.70. The number of piperidine rings is 2. The van der Waals surface area contributed by atoms with Crippen LogP contribution in [0.25, 0.3) is 0 Å². The molecule has 0 aromatic heterocycles. The van der Waals surface area contributed by atoms with Crippen LogP contribution in [0.5, 0.6) is 0 Å². The molecular formula is C15H29N3OS. The fraction of sp³-hybridized carbons (Fsp3) is 0.933. The number of hydrogen-bond acceptors (Lipinski definition) is 4. The van der Waals surface area contributed by atoms with E-state index in [-0.39, 0.29) is 5.91 Å². The lowest BCUT2D eigenvalue weighted by molar-refractivity contribution is -0.121. The number of thioether (sulfide) groups is 1. The number of carbonyl (C=O) groups is 1. The van der Waals surface area contributed by atoms with Crippen molar-refractivity contribution in [3.8, 4) is 0 Å². The molecule has 0 aromatic rings. The molecule has 1 atom stereocenters. The minimum atomic E-state index is 0.231. The van der Waals surface area contributed by atoms with Crippen LogP contribution in [0.3, 0.4) is 0 Å². The van der Waals surface area contributed by atoms with Gasteiger partial charge in [-0.05, 0) is 58.6 Å². The number of hydrogen-bond donors (Lipinski definition) is 1. The molecule has 116 valence electrons. The maximum Gasteiger partial charge on any atom is 0.221 e. The molecule has 0 radical (unpaired) electrons. The lowest BCUT2D eigenvalue weighted by atomic mass is 9.98. The number of nitrogens with one attached hydrogen (secondary N) is 1. The first-order valence-corrected chi connectivity index (χ1v) is 9.29. The molecule has 0 aromatic carbocycles. The molecule has 2 heterocycles. The Morgan fingerprint density at radius 2 is 2.00 bits per heavy atom. The van der Waals surface area contributed by atoms with Crippen molar-refractivity contribution in [3.63, 3.8) is 0 Å². The Hall–Kier alpha value is -0.260. The number of rotatable bonds is 5. The van der Waals surface area contributed by atoms with Gasteiger partial charge in [-0.2, -0.15) is 11.8 Å². The smallest absolute Gasteiger partial charge is 0.221 e. The number of carbonyl (C=O) groups excluding carboxylic acids is 1. The molecule has 0 saturated carbocycles. The maximum absolute atomic E-state index is 11.8. The van der Waals surface area contributed by atoms with Crippen molar-refractivity contribution >= 4 is 17.7 Å². The standard InChI is InChI=1S/C15H29N3OS/c1-17-9-5-14(6-10-17)18-8-3-4-13(12-18)16-15(19)7-11-20-2/h13-14H,3-12H2,1-2H3,(H,16,19)/t13-/m0/s1. The van der Waals surface area contributed by atoms with Gasteiger partial charge >= 0.3 is 0 Å². The molecule has 1 amide bonds. The van der Waals surface area contributed by atoms with E-state index < -0.39 is 0 Å². The molecule has 2 aliphatic rings. The number of likely N-dealkylation sites (tertiary alicyclic amines) is 2. The van der Waals surface area contributed by atoms with Gasteiger partial charge in [-0.15, -0.1) is 0 Å². The summed E-state index contributed by atoms with van der Waals surface area (Å²) in [6, 6.07) is 1.11. The molecule has 5 heteroatoms. The van der Waals surface area contributed by atoms with E-state index in [4.69, 9.17) is 0 Å². The van der Waals surface area contributed by atoms with E-state index in [9.17, 15) is 4.79 Å². The summed E-state index contributed by atoms with van der Waals surface area (Å²) < 4.78 is 0. The third-order valence-electron chi connectivity index (χ3n) is 4.56. The molecule has 1 N–H and O–H groups in total. The van der Waals surface area contributed by atoms with Crippen LogP contribution in [0.15, 0.2) is 0 Å². The molecule has 2 rings (SSSR count). The second-order valence-corrected chi connectivity index (χ2v) is 7.16. The predicted octanol–water partition coefficient (Wildman–Crippen LogP) is 1.41. The van der Waals surface area contributed by atoms with Gasteiger partial charge < -0.3 is 10.2 Å². The summed E-state index contributed by atoms with van der Waals surface area (Å²) >= 11 is 1.74. The Kier molecular flexibility index (Phi) is 6.65. The Morgan fingerprint density at radius 3 is 2.70 bits per heavy atom. The summed E-state index contributed by atoms with van der Waals surface area (Å²) in [6.07, 6.45) is 7.64. The first-order chi connectivity index (χ1) is 9.69. The molecule has 0 bridgehead atoms. The van der Waals surface area contributed by atoms with Crippen molar-refractivity contribution in [2.45, 2.75) is 44.2 Å². The van der Waals surface area contributed by atoms with E-state index in [1.54, 1.807) is 11.8 Å². The van der Waals surface area contributed by atoms with Gasteiger partial charge in [0.1, 0.15) is 0 Å². The fourth-order valence-electron chi connectivity index (χ4n) is 3.31. The molecule has 0 spiro atoms. The third kappa shape index (κ3) is 4.93. The Bertz CT molecular complexity index is 305. The van der Waals surface area contributed by atoms with E-state index in [2.05, 4.69) is 28.4 Å². The van der Waals surface area contributed by atoms with Crippen LogP contribution in [0.4, 0.5) is 0 Å². The van der Waals surface area contributed by atoms with Crippen molar-refractivity contribution in [2.24, 2.45) is 0 Å². The summed E-state index contributed by atoms with van der Waals surface area (Å²) in [5, 5.41) is 3.23. The van der Waals surface area contributed by atoms with Gasteiger partial charge in [0.05, 0.1) is 0 Å². The van der Waals surface area contributed by atoms with Gasteiger partial charge in [-0.3, -0.25) is 9.69 Å². The summed E-state index contributed by atoms with van der Waals surface area (Å²) in [5.41, 5.74) is 0. The highest BCUT2D eigenvalue weighted by atomic mass is 32.2. The Morgan fingerprint density at radius 1 is 1.25 bits per heavy atom. The van der Waals surface area contributed by atoms with Crippen LogP contribution >= 0.6 is 11.8 Å². The summed E-state index contributed by atoms with van der Waals surface area (Å²) in [4.78, 5) is 16.9. The zero-order chi connectivity index (χ0) is 14.4. The van der Waals surface area contributed by atoms with Crippen molar-refractivity contribution in [3.05, 3.63) is 0 Å². The molecule has 20 heavy (non-hydrogen) atoms. The fourth-order valence-corrected chi connectivity index (χ4v) is 3.70. The van der Waals surface area contributed by atoms with Crippen molar-refractivity contribution in [1.82, 2.24) is 15.1 Å². The Labute approximate surface area is 127 Å². The average molecular weight is 299 g/mol. The highest BCUT2D eigenvalue weighted by Gasteiger charge is 2.28. The zero-order valence-electron chi connectivity index (χ0n) is 12.9. The van der Waals surface area contributed by atoms with Crippen LogP contribution in [-0.4, -0.2) is 73.0 Å². The lowest BCUT2D eigenvalue weighted by Crippen LogP contribution is -2.53. The molecule has 2 aliphatic heterocycles. The second kappa shape index (κ2) is 8.25. The van der Waals surface area contributed by atoms with E-state index >= 15 is 0 Å². The van der Waals surface area contributed by atoms with Crippen LogP contribution in [-0.2, 0) is 4.79 Å². The van der Waals surface area contributed by atoms with E-state index in [1.807, 2.05) is 0 Å². The summed E-state index contributed by atoms with van der Waals surface area (Å²) in [5.74, 6) is 1.16. The highest BCUT2D eigenvalue weighted by molar-refractivity contribution is 7.98. The lowest BCUT2D eigenvalue weighted by Gasteiger charge is -2.41. The van der Waals surface area contributed by atoms with Crippen LogP contribution in [0.2, 0.25) is 0 Å².